The van der Waals surface area contributed by atoms with Crippen molar-refractivity contribution >= 4 is 24.8 Å². The van der Waals surface area contributed by atoms with Gasteiger partial charge in [0.25, 0.3) is 0 Å². The first kappa shape index (κ1) is 20.3. The summed E-state index contributed by atoms with van der Waals surface area (Å²) in [6.45, 7) is 7.32. The molecule has 120 valence electrons. The number of hydrogen-bond acceptors (Lipinski definition) is 2. The van der Waals surface area contributed by atoms with Crippen molar-refractivity contribution < 1.29 is 8.78 Å². The maximum absolute atomic E-state index is 14.0. The molecule has 1 aromatic carbocycles. The van der Waals surface area contributed by atoms with E-state index < -0.39 is 11.6 Å². The summed E-state index contributed by atoms with van der Waals surface area (Å²) < 4.78 is 27.0. The van der Waals surface area contributed by atoms with Crippen LogP contribution in [0.25, 0.3) is 0 Å². The highest BCUT2D eigenvalue weighted by atomic mass is 35.5. The minimum absolute atomic E-state index is 0. The zero-order chi connectivity index (χ0) is 13.7. The second-order valence-corrected chi connectivity index (χ2v) is 4.83. The zero-order valence-electron chi connectivity index (χ0n) is 11.9. The van der Waals surface area contributed by atoms with Crippen molar-refractivity contribution in [3.8, 4) is 0 Å². The van der Waals surface area contributed by atoms with Crippen LogP contribution in [-0.4, -0.2) is 31.1 Å². The number of hydrogen-bond donors (Lipinski definition) is 1. The quantitative estimate of drug-likeness (QED) is 0.823. The molecule has 1 aromatic rings. The number of allylic oxidation sites excluding steroid dienone is 1. The molecular formula is C15H22Cl2F2N2. The average molecular weight is 339 g/mol. The normalized spacial score (nSPS) is 16.5. The van der Waals surface area contributed by atoms with Crippen molar-refractivity contribution in [2.24, 2.45) is 0 Å². The van der Waals surface area contributed by atoms with Gasteiger partial charge in [-0.15, -0.1) is 31.4 Å². The first-order valence-corrected chi connectivity index (χ1v) is 6.73. The highest BCUT2D eigenvalue weighted by Gasteiger charge is 2.24. The number of piperazine rings is 1. The van der Waals surface area contributed by atoms with Crippen LogP contribution < -0.4 is 5.32 Å². The molecule has 0 amide bonds. The van der Waals surface area contributed by atoms with Gasteiger partial charge >= 0.3 is 0 Å². The van der Waals surface area contributed by atoms with Gasteiger partial charge < -0.3 is 5.32 Å². The third kappa shape index (κ3) is 5.55. The van der Waals surface area contributed by atoms with Gasteiger partial charge in [0.15, 0.2) is 0 Å². The second-order valence-electron chi connectivity index (χ2n) is 4.83. The topological polar surface area (TPSA) is 15.3 Å². The summed E-state index contributed by atoms with van der Waals surface area (Å²) in [6.07, 6.45) is 3.48. The minimum Gasteiger partial charge on any atom is -0.314 e. The lowest BCUT2D eigenvalue weighted by atomic mass is 9.99. The van der Waals surface area contributed by atoms with E-state index in [0.29, 0.717) is 5.56 Å². The lowest BCUT2D eigenvalue weighted by molar-refractivity contribution is 0.163. The Kier molecular flexibility index (Phi) is 9.79. The molecule has 0 radical (unpaired) electrons. The van der Waals surface area contributed by atoms with E-state index in [1.165, 1.54) is 6.07 Å². The van der Waals surface area contributed by atoms with Crippen molar-refractivity contribution in [1.82, 2.24) is 10.2 Å². The predicted octanol–water partition coefficient (Wildman–Crippen LogP) is 3.72. The summed E-state index contributed by atoms with van der Waals surface area (Å²) in [7, 11) is 0. The van der Waals surface area contributed by atoms with Gasteiger partial charge in [0.05, 0.1) is 0 Å². The van der Waals surface area contributed by atoms with Crippen LogP contribution in [0.5, 0.6) is 0 Å². The van der Waals surface area contributed by atoms with Gasteiger partial charge in [0.2, 0.25) is 0 Å². The van der Waals surface area contributed by atoms with E-state index in [1.54, 1.807) is 6.07 Å². The van der Waals surface area contributed by atoms with Crippen LogP contribution in [0.1, 0.15) is 24.4 Å². The lowest BCUT2D eigenvalue weighted by Gasteiger charge is -2.35. The van der Waals surface area contributed by atoms with E-state index in [4.69, 9.17) is 0 Å². The van der Waals surface area contributed by atoms with Crippen LogP contribution in [0.2, 0.25) is 0 Å². The van der Waals surface area contributed by atoms with Crippen molar-refractivity contribution in [3.63, 3.8) is 0 Å². The monoisotopic (exact) mass is 338 g/mol. The Hall–Kier alpha value is -0.680. The third-order valence-corrected chi connectivity index (χ3v) is 3.56. The number of benzene rings is 1. The predicted molar refractivity (Wildman–Crippen MR) is 87.5 cm³/mol. The SMILES string of the molecule is C=CCC[C@H](c1ccc(F)cc1F)N1CCNCC1.Cl.Cl. The zero-order valence-corrected chi connectivity index (χ0v) is 13.5. The van der Waals surface area contributed by atoms with Crippen LogP contribution in [-0.2, 0) is 0 Å². The van der Waals surface area contributed by atoms with Crippen molar-refractivity contribution in [2.45, 2.75) is 18.9 Å². The molecular weight excluding hydrogens is 317 g/mol. The molecule has 0 aliphatic carbocycles. The Labute approximate surface area is 137 Å². The average Bonchev–Trinajstić information content (AvgIpc) is 2.42. The van der Waals surface area contributed by atoms with E-state index in [2.05, 4.69) is 16.8 Å². The number of nitrogens with one attached hydrogen (secondary N) is 1. The summed E-state index contributed by atoms with van der Waals surface area (Å²) >= 11 is 0. The lowest BCUT2D eigenvalue weighted by Crippen LogP contribution is -2.45. The minimum atomic E-state index is -0.524. The molecule has 0 saturated carbocycles. The maximum Gasteiger partial charge on any atom is 0.130 e. The van der Waals surface area contributed by atoms with E-state index in [1.807, 2.05) is 6.08 Å². The summed E-state index contributed by atoms with van der Waals surface area (Å²) in [6, 6.07) is 3.88. The van der Waals surface area contributed by atoms with Gasteiger partial charge in [0, 0.05) is 43.9 Å². The number of nitrogens with zero attached hydrogens (tertiary/aromatic N) is 1. The van der Waals surface area contributed by atoms with E-state index >= 15 is 0 Å². The number of halogens is 4. The molecule has 0 spiro atoms. The standard InChI is InChI=1S/C15H20F2N2.2ClH/c1-2-3-4-15(19-9-7-18-8-10-19)13-6-5-12(16)11-14(13)17;;/h2,5-6,11,15,18H,1,3-4,7-10H2;2*1H/t15-;;/m1../s1. The molecule has 6 heteroatoms. The number of rotatable bonds is 5. The van der Waals surface area contributed by atoms with Crippen molar-refractivity contribution in [1.29, 1.82) is 0 Å². The molecule has 1 saturated heterocycles. The molecule has 1 N–H and O–H groups in total. The van der Waals surface area contributed by atoms with Crippen LogP contribution in [0.3, 0.4) is 0 Å². The molecule has 2 nitrogen and oxygen atoms in total. The maximum atomic E-state index is 14.0. The van der Waals surface area contributed by atoms with Crippen molar-refractivity contribution in [3.05, 3.63) is 48.1 Å². The molecule has 1 aliphatic rings. The van der Waals surface area contributed by atoms with Gasteiger partial charge in [-0.2, -0.15) is 0 Å². The fourth-order valence-corrected chi connectivity index (χ4v) is 2.58. The molecule has 21 heavy (non-hydrogen) atoms. The second kappa shape index (κ2) is 10.1. The summed E-state index contributed by atoms with van der Waals surface area (Å²) in [5.74, 6) is -0.975. The Bertz CT molecular complexity index is 438. The Morgan fingerprint density at radius 3 is 2.48 bits per heavy atom. The first-order valence-electron chi connectivity index (χ1n) is 6.73. The Morgan fingerprint density at radius 1 is 1.24 bits per heavy atom. The van der Waals surface area contributed by atoms with Gasteiger partial charge in [-0.05, 0) is 18.9 Å². The van der Waals surface area contributed by atoms with Gasteiger partial charge in [-0.1, -0.05) is 12.1 Å². The van der Waals surface area contributed by atoms with E-state index in [0.717, 1.165) is 45.1 Å². The molecule has 2 rings (SSSR count). The van der Waals surface area contributed by atoms with Gasteiger partial charge in [-0.25, -0.2) is 8.78 Å². The third-order valence-electron chi connectivity index (χ3n) is 3.56. The van der Waals surface area contributed by atoms with Crippen molar-refractivity contribution in [2.75, 3.05) is 26.2 Å². The van der Waals surface area contributed by atoms with E-state index in [-0.39, 0.29) is 30.9 Å². The fourth-order valence-electron chi connectivity index (χ4n) is 2.58. The summed E-state index contributed by atoms with van der Waals surface area (Å²) in [5, 5.41) is 3.29. The molecule has 0 bridgehead atoms. The smallest absolute Gasteiger partial charge is 0.130 e. The molecule has 1 aliphatic heterocycles. The van der Waals surface area contributed by atoms with Crippen LogP contribution in [0.15, 0.2) is 30.9 Å². The molecule has 1 fully saturated rings. The molecule has 0 aromatic heterocycles. The first-order chi connectivity index (χ1) is 9.22. The highest BCUT2D eigenvalue weighted by Crippen LogP contribution is 2.28. The molecule has 0 unspecified atom stereocenters. The van der Waals surface area contributed by atoms with Gasteiger partial charge in [-0.3, -0.25) is 4.90 Å². The largest absolute Gasteiger partial charge is 0.314 e. The Morgan fingerprint density at radius 2 is 1.90 bits per heavy atom. The highest BCUT2D eigenvalue weighted by molar-refractivity contribution is 5.85. The fraction of sp³-hybridized carbons (Fsp3) is 0.467. The molecule has 1 atom stereocenters. The van der Waals surface area contributed by atoms with Crippen LogP contribution >= 0.6 is 24.8 Å². The van der Waals surface area contributed by atoms with E-state index in [9.17, 15) is 8.78 Å². The Balaban J connectivity index is 0.00000200. The van der Waals surface area contributed by atoms with Crippen LogP contribution in [0, 0.1) is 11.6 Å². The van der Waals surface area contributed by atoms with Gasteiger partial charge in [0.1, 0.15) is 11.6 Å². The summed E-state index contributed by atoms with van der Waals surface area (Å²) in [4.78, 5) is 2.26. The van der Waals surface area contributed by atoms with Crippen LogP contribution in [0.4, 0.5) is 8.78 Å². The molecule has 1 heterocycles. The summed E-state index contributed by atoms with van der Waals surface area (Å²) in [5.41, 5.74) is 0.588.